The van der Waals surface area contributed by atoms with E-state index in [0.29, 0.717) is 0 Å². The minimum absolute atomic E-state index is 0.150. The van der Waals surface area contributed by atoms with Gasteiger partial charge in [0.05, 0.1) is 5.70 Å². The van der Waals surface area contributed by atoms with E-state index in [1.807, 2.05) is 4.72 Å². The maximum atomic E-state index is 12.1. The fraction of sp³-hybridized carbons (Fsp3) is 0.429. The van der Waals surface area contributed by atoms with Gasteiger partial charge in [0.25, 0.3) is 0 Å². The van der Waals surface area contributed by atoms with Gasteiger partial charge < -0.3 is 9.88 Å². The Bertz CT molecular complexity index is 1090. The van der Waals surface area contributed by atoms with Gasteiger partial charge in [-0.15, -0.1) is 0 Å². The molecule has 0 atom stereocenters. The van der Waals surface area contributed by atoms with Crippen LogP contribution in [-0.2, 0) is 22.1 Å². The van der Waals surface area contributed by atoms with Crippen LogP contribution in [0.4, 0.5) is 0 Å². The van der Waals surface area contributed by atoms with Gasteiger partial charge in [-0.05, 0) is 50.6 Å². The van der Waals surface area contributed by atoms with Crippen LogP contribution in [0.25, 0.3) is 10.9 Å². The smallest absolute Gasteiger partial charge is 0.215 e. The summed E-state index contributed by atoms with van der Waals surface area (Å²) in [5, 5.41) is -0.150. The quantitative estimate of drug-likeness (QED) is 0.846. The maximum Gasteiger partial charge on any atom is 0.215 e. The standard InChI is InChI=1S/C14H21N3O2S/c1-15-20(18,19)10-11-4-5-14-13(8-11)12(9-16-14)6-7-17(2)3/h4-5,8-9,15-16H,6-7,10H2,1-3H3/i2D3,3D3,6D2,7D2,10D2. The molecule has 0 radical (unpaired) electrons. The number of nitrogens with zero attached hydrogens (tertiary/aromatic N) is 1. The molecule has 0 aliphatic carbocycles. The SMILES string of the molecule is [2H]C([2H])([2H])N(C([2H])([2H])[2H])C([2H])([2H])C([2H])([2H])c1c[nH]c2ccc(C([2H])([2H])S(=O)(=O)NC)cc12. The van der Waals surface area contributed by atoms with Crippen LogP contribution in [0, 0.1) is 0 Å². The summed E-state index contributed by atoms with van der Waals surface area (Å²) < 4.78 is 120. The highest BCUT2D eigenvalue weighted by molar-refractivity contribution is 7.88. The Morgan fingerprint density at radius 3 is 2.95 bits per heavy atom. The first-order valence-electron chi connectivity index (χ1n) is 11.5. The van der Waals surface area contributed by atoms with Crippen molar-refractivity contribution in [3.63, 3.8) is 0 Å². The summed E-state index contributed by atoms with van der Waals surface area (Å²) in [5.41, 5.74) is -3.70. The second kappa shape index (κ2) is 5.95. The third kappa shape index (κ3) is 3.59. The Hall–Kier alpha value is -1.37. The molecule has 2 rings (SSSR count). The Labute approximate surface area is 136 Å². The second-order valence-electron chi connectivity index (χ2n) is 3.84. The highest BCUT2D eigenvalue weighted by Crippen LogP contribution is 2.21. The van der Waals surface area contributed by atoms with E-state index in [1.54, 1.807) is 0 Å². The number of aromatic nitrogens is 1. The topological polar surface area (TPSA) is 65.2 Å². The van der Waals surface area contributed by atoms with Crippen molar-refractivity contribution in [1.82, 2.24) is 14.6 Å². The number of hydrogen-bond acceptors (Lipinski definition) is 3. The third-order valence-electron chi connectivity index (χ3n) is 2.51. The van der Waals surface area contributed by atoms with Gasteiger partial charge in [-0.2, -0.15) is 0 Å². The lowest BCUT2D eigenvalue weighted by atomic mass is 10.1. The fourth-order valence-electron chi connectivity index (χ4n) is 1.61. The van der Waals surface area contributed by atoms with E-state index in [2.05, 4.69) is 4.98 Å². The second-order valence-corrected chi connectivity index (χ2v) is 5.46. The first-order chi connectivity index (χ1) is 14.1. The predicted molar refractivity (Wildman–Crippen MR) is 82.2 cm³/mol. The summed E-state index contributed by atoms with van der Waals surface area (Å²) in [4.78, 5) is 2.11. The monoisotopic (exact) mass is 307 g/mol. The lowest BCUT2D eigenvalue weighted by Gasteiger charge is -2.08. The van der Waals surface area contributed by atoms with Crippen molar-refractivity contribution < 1.29 is 24.9 Å². The molecule has 0 saturated heterocycles. The Morgan fingerprint density at radius 1 is 1.45 bits per heavy atom. The van der Waals surface area contributed by atoms with E-state index in [0.717, 1.165) is 25.4 Å². The van der Waals surface area contributed by atoms with Crippen LogP contribution in [0.3, 0.4) is 0 Å². The van der Waals surface area contributed by atoms with Crippen molar-refractivity contribution in [2.45, 2.75) is 12.1 Å². The van der Waals surface area contributed by atoms with Crippen LogP contribution in [0.1, 0.15) is 27.6 Å². The Balaban J connectivity index is 2.76. The largest absolute Gasteiger partial charge is 0.361 e. The zero-order valence-electron chi connectivity index (χ0n) is 22.5. The molecule has 0 saturated carbocycles. The number of aryl methyl sites for hydroxylation is 1. The molecule has 6 heteroatoms. The average Bonchev–Trinajstić information content (AvgIpc) is 3.02. The molecule has 1 aromatic carbocycles. The van der Waals surface area contributed by atoms with Crippen LogP contribution in [-0.4, -0.2) is 45.8 Å². The summed E-state index contributed by atoms with van der Waals surface area (Å²) in [7, 11) is -3.47. The van der Waals surface area contributed by atoms with Crippen LogP contribution in [0.2, 0.25) is 0 Å². The molecule has 0 spiro atoms. The van der Waals surface area contributed by atoms with Crippen LogP contribution < -0.4 is 4.72 Å². The van der Waals surface area contributed by atoms with E-state index in [9.17, 15) is 8.42 Å². The van der Waals surface area contributed by atoms with E-state index in [4.69, 9.17) is 16.4 Å². The molecule has 20 heavy (non-hydrogen) atoms. The van der Waals surface area contributed by atoms with Crippen LogP contribution in [0.15, 0.2) is 24.4 Å². The van der Waals surface area contributed by atoms with Gasteiger partial charge in [0, 0.05) is 40.0 Å². The highest BCUT2D eigenvalue weighted by atomic mass is 32.2. The highest BCUT2D eigenvalue weighted by Gasteiger charge is 2.11. The van der Waals surface area contributed by atoms with Gasteiger partial charge in [0.2, 0.25) is 10.0 Å². The number of fused-ring (bicyclic) bond motifs is 1. The molecule has 5 nitrogen and oxygen atoms in total. The third-order valence-corrected chi connectivity index (χ3v) is 3.55. The molecule has 1 heterocycles. The molecule has 0 bridgehead atoms. The van der Waals surface area contributed by atoms with Crippen molar-refractivity contribution in [1.29, 1.82) is 0 Å². The molecular formula is C14H21N3O2S. The predicted octanol–water partition coefficient (Wildman–Crippen LogP) is 1.32. The van der Waals surface area contributed by atoms with Crippen LogP contribution >= 0.6 is 0 Å². The molecule has 0 fully saturated rings. The van der Waals surface area contributed by atoms with E-state index >= 15 is 0 Å². The number of nitrogens with one attached hydrogen (secondary N) is 2. The fourth-order valence-corrected chi connectivity index (χ4v) is 2.15. The zero-order valence-corrected chi connectivity index (χ0v) is 11.3. The lowest BCUT2D eigenvalue weighted by molar-refractivity contribution is 0.414. The molecule has 110 valence electrons. The van der Waals surface area contributed by atoms with Gasteiger partial charge >= 0.3 is 0 Å². The van der Waals surface area contributed by atoms with Gasteiger partial charge in [-0.1, -0.05) is 6.07 Å². The first kappa shape index (κ1) is 5.79. The number of benzene rings is 1. The van der Waals surface area contributed by atoms with Crippen LogP contribution in [0.5, 0.6) is 0 Å². The Kier molecular flexibility index (Phi) is 1.72. The molecule has 2 N–H and O–H groups in total. The number of likely N-dealkylation sites (N-methyl/N-ethyl adjacent to an activating group) is 1. The molecule has 0 aliphatic heterocycles. The number of rotatable bonds is 6. The normalized spacial score (nSPS) is 24.7. The molecule has 2 aromatic rings. The minimum Gasteiger partial charge on any atom is -0.361 e. The van der Waals surface area contributed by atoms with E-state index in [-0.39, 0.29) is 10.9 Å². The summed E-state index contributed by atoms with van der Waals surface area (Å²) in [5.74, 6) is 0. The van der Waals surface area contributed by atoms with Gasteiger partial charge in [-0.3, -0.25) is 0 Å². The molecule has 0 unspecified atom stereocenters. The number of aromatic amines is 1. The minimum atomic E-state index is -4.48. The number of sulfonamides is 1. The van der Waals surface area contributed by atoms with Crippen molar-refractivity contribution in [2.24, 2.45) is 0 Å². The van der Waals surface area contributed by atoms with Gasteiger partial charge in [-0.25, -0.2) is 13.1 Å². The molecule has 0 amide bonds. The number of hydrogen-bond donors (Lipinski definition) is 2. The average molecular weight is 307 g/mol. The first-order valence-corrected chi connectivity index (χ1v) is 6.96. The maximum absolute atomic E-state index is 12.1. The van der Waals surface area contributed by atoms with Crippen molar-refractivity contribution in [2.75, 3.05) is 27.5 Å². The van der Waals surface area contributed by atoms with Crippen molar-refractivity contribution in [3.05, 3.63) is 35.5 Å². The van der Waals surface area contributed by atoms with E-state index in [1.165, 1.54) is 6.07 Å². The summed E-state index contributed by atoms with van der Waals surface area (Å²) >= 11 is 0. The van der Waals surface area contributed by atoms with Gasteiger partial charge in [0.15, 0.2) is 0 Å². The van der Waals surface area contributed by atoms with Crippen molar-refractivity contribution in [3.8, 4) is 0 Å². The summed E-state index contributed by atoms with van der Waals surface area (Å²) in [6.45, 7) is -10.7. The summed E-state index contributed by atoms with van der Waals surface area (Å²) in [6, 6.07) is 3.37. The molecular weight excluding hydrogens is 274 g/mol. The van der Waals surface area contributed by atoms with Gasteiger partial charge in [0.1, 0.15) is 0 Å². The zero-order chi connectivity index (χ0) is 25.1. The molecule has 0 aliphatic rings. The molecule has 1 aromatic heterocycles. The number of H-pyrrole nitrogens is 1. The Morgan fingerprint density at radius 2 is 2.25 bits per heavy atom. The van der Waals surface area contributed by atoms with E-state index < -0.39 is 58.6 Å². The lowest BCUT2D eigenvalue weighted by Crippen LogP contribution is -2.20. The van der Waals surface area contributed by atoms with Crippen molar-refractivity contribution >= 4 is 20.9 Å². The summed E-state index contributed by atoms with van der Waals surface area (Å²) in [6.07, 6.45) is -2.26.